The van der Waals surface area contributed by atoms with Gasteiger partial charge in [-0.25, -0.2) is 0 Å². The third kappa shape index (κ3) is 4.74. The van der Waals surface area contributed by atoms with Crippen LogP contribution >= 0.6 is 11.8 Å². The normalized spacial score (nSPS) is 14.7. The number of nitrogens with one attached hydrogen (secondary N) is 1. The lowest BCUT2D eigenvalue weighted by Gasteiger charge is -2.13. The van der Waals surface area contributed by atoms with Crippen LogP contribution in [-0.2, 0) is 9.59 Å². The molecule has 0 aliphatic heterocycles. The second kappa shape index (κ2) is 5.82. The Morgan fingerprint density at radius 2 is 2.15 bits per heavy atom. The van der Waals surface area contributed by atoms with Gasteiger partial charge in [-0.15, -0.1) is 0 Å². The molecule has 0 rings (SSSR count). The van der Waals surface area contributed by atoms with E-state index in [0.717, 1.165) is 0 Å². The highest BCUT2D eigenvalue weighted by atomic mass is 32.2. The molecule has 5 nitrogen and oxygen atoms in total. The summed E-state index contributed by atoms with van der Waals surface area (Å²) < 4.78 is 0. The maximum Gasteiger partial charge on any atom is 0.325 e. The van der Waals surface area contributed by atoms with E-state index in [1.807, 2.05) is 6.26 Å². The number of carboxylic acid groups (broad SMARTS) is 1. The van der Waals surface area contributed by atoms with Gasteiger partial charge in [0.2, 0.25) is 5.91 Å². The zero-order valence-corrected chi connectivity index (χ0v) is 8.43. The Hall–Kier alpha value is -0.750. The quantitative estimate of drug-likeness (QED) is 0.551. The van der Waals surface area contributed by atoms with Crippen molar-refractivity contribution in [2.75, 3.05) is 12.0 Å². The molecule has 0 saturated heterocycles. The number of hydrogen-bond donors (Lipinski definition) is 3. The third-order valence-corrected chi connectivity index (χ3v) is 2.10. The molecule has 6 heteroatoms. The van der Waals surface area contributed by atoms with Gasteiger partial charge in [0.25, 0.3) is 0 Å². The molecular formula is C7H14N2O3S. The summed E-state index contributed by atoms with van der Waals surface area (Å²) >= 11 is 1.44. The first-order chi connectivity index (χ1) is 5.99. The van der Waals surface area contributed by atoms with Crippen molar-refractivity contribution in [1.29, 1.82) is 0 Å². The highest BCUT2D eigenvalue weighted by molar-refractivity contribution is 7.98. The second-order valence-corrected chi connectivity index (χ2v) is 3.54. The van der Waals surface area contributed by atoms with E-state index < -0.39 is 24.0 Å². The molecule has 0 heterocycles. The Bertz CT molecular complexity index is 198. The van der Waals surface area contributed by atoms with Crippen molar-refractivity contribution in [3.8, 4) is 0 Å². The molecular weight excluding hydrogens is 192 g/mol. The summed E-state index contributed by atoms with van der Waals surface area (Å²) in [5.74, 6) is -1.01. The predicted molar refractivity (Wildman–Crippen MR) is 51.6 cm³/mol. The van der Waals surface area contributed by atoms with Crippen LogP contribution in [0, 0.1) is 0 Å². The molecule has 0 aromatic rings. The van der Waals surface area contributed by atoms with Crippen molar-refractivity contribution >= 4 is 23.6 Å². The zero-order chi connectivity index (χ0) is 10.4. The minimum absolute atomic E-state index is 0.427. The van der Waals surface area contributed by atoms with Crippen LogP contribution in [0.2, 0.25) is 0 Å². The van der Waals surface area contributed by atoms with E-state index in [9.17, 15) is 9.59 Å². The van der Waals surface area contributed by atoms with Gasteiger partial charge in [0.1, 0.15) is 6.04 Å². The number of thioether (sulfide) groups is 1. The average molecular weight is 206 g/mol. The summed E-state index contributed by atoms with van der Waals surface area (Å²) in [5.41, 5.74) is 5.45. The van der Waals surface area contributed by atoms with Crippen LogP contribution in [0.15, 0.2) is 0 Å². The Balaban J connectivity index is 3.92. The van der Waals surface area contributed by atoms with Gasteiger partial charge < -0.3 is 16.2 Å². The van der Waals surface area contributed by atoms with Crippen molar-refractivity contribution in [2.45, 2.75) is 19.0 Å². The number of nitrogens with two attached hydrogens (primary N) is 1. The van der Waals surface area contributed by atoms with Crippen molar-refractivity contribution in [1.82, 2.24) is 5.32 Å². The van der Waals surface area contributed by atoms with Gasteiger partial charge in [0.05, 0.1) is 6.04 Å². The zero-order valence-electron chi connectivity index (χ0n) is 7.61. The van der Waals surface area contributed by atoms with Crippen molar-refractivity contribution in [3.05, 3.63) is 0 Å². The topological polar surface area (TPSA) is 92.4 Å². The SMILES string of the molecule is CSCC(N)C(=O)NC(C)C(=O)O. The lowest BCUT2D eigenvalue weighted by atomic mass is 10.3. The largest absolute Gasteiger partial charge is 0.480 e. The summed E-state index contributed by atoms with van der Waals surface area (Å²) in [6, 6.07) is -1.53. The Kier molecular flexibility index (Phi) is 5.48. The maximum absolute atomic E-state index is 11.1. The lowest BCUT2D eigenvalue weighted by molar-refractivity contribution is -0.141. The maximum atomic E-state index is 11.1. The van der Waals surface area contributed by atoms with Gasteiger partial charge in [-0.3, -0.25) is 9.59 Å². The van der Waals surface area contributed by atoms with Crippen LogP contribution in [0.25, 0.3) is 0 Å². The third-order valence-electron chi connectivity index (χ3n) is 1.41. The number of rotatable bonds is 5. The predicted octanol–water partition coefficient (Wildman–Crippen LogP) is -0.734. The van der Waals surface area contributed by atoms with Gasteiger partial charge in [0.15, 0.2) is 0 Å². The van der Waals surface area contributed by atoms with Crippen LogP contribution in [0.3, 0.4) is 0 Å². The second-order valence-electron chi connectivity index (χ2n) is 2.63. The molecule has 76 valence electrons. The molecule has 13 heavy (non-hydrogen) atoms. The molecule has 0 fully saturated rings. The Labute approximate surface area is 81.1 Å². The van der Waals surface area contributed by atoms with Crippen LogP contribution in [0.1, 0.15) is 6.92 Å². The molecule has 2 unspecified atom stereocenters. The van der Waals surface area contributed by atoms with Crippen LogP contribution in [0.4, 0.5) is 0 Å². The van der Waals surface area contributed by atoms with E-state index >= 15 is 0 Å². The van der Waals surface area contributed by atoms with Gasteiger partial charge in [-0.05, 0) is 13.2 Å². The van der Waals surface area contributed by atoms with Crippen LogP contribution in [-0.4, -0.2) is 41.1 Å². The highest BCUT2D eigenvalue weighted by Gasteiger charge is 2.18. The van der Waals surface area contributed by atoms with E-state index in [2.05, 4.69) is 5.32 Å². The van der Waals surface area contributed by atoms with E-state index in [1.165, 1.54) is 18.7 Å². The average Bonchev–Trinajstić information content (AvgIpc) is 2.04. The van der Waals surface area contributed by atoms with Crippen molar-refractivity contribution < 1.29 is 14.7 Å². The standard InChI is InChI=1S/C7H14N2O3S/c1-4(7(11)12)9-6(10)5(8)3-13-2/h4-5H,3,8H2,1-2H3,(H,9,10)(H,11,12). The summed E-state index contributed by atoms with van der Waals surface area (Å²) in [5, 5.41) is 10.8. The highest BCUT2D eigenvalue weighted by Crippen LogP contribution is 1.95. The first-order valence-corrected chi connectivity index (χ1v) is 5.16. The van der Waals surface area contributed by atoms with E-state index in [1.54, 1.807) is 0 Å². The molecule has 0 aromatic carbocycles. The molecule has 2 atom stereocenters. The molecule has 0 bridgehead atoms. The fraction of sp³-hybridized carbons (Fsp3) is 0.714. The van der Waals surface area contributed by atoms with E-state index in [4.69, 9.17) is 10.8 Å². The minimum atomic E-state index is -1.07. The van der Waals surface area contributed by atoms with Gasteiger partial charge in [0, 0.05) is 5.75 Å². The van der Waals surface area contributed by atoms with E-state index in [-0.39, 0.29) is 0 Å². The number of hydrogen-bond acceptors (Lipinski definition) is 4. The molecule has 0 spiro atoms. The monoisotopic (exact) mass is 206 g/mol. The lowest BCUT2D eigenvalue weighted by Crippen LogP contribution is -2.48. The van der Waals surface area contributed by atoms with Gasteiger partial charge in [-0.2, -0.15) is 11.8 Å². The number of carbonyl (C=O) groups excluding carboxylic acids is 1. The number of carbonyl (C=O) groups is 2. The van der Waals surface area contributed by atoms with Gasteiger partial charge >= 0.3 is 5.97 Å². The van der Waals surface area contributed by atoms with Gasteiger partial charge in [-0.1, -0.05) is 0 Å². The van der Waals surface area contributed by atoms with Crippen molar-refractivity contribution in [2.24, 2.45) is 5.73 Å². The van der Waals surface area contributed by atoms with E-state index in [0.29, 0.717) is 5.75 Å². The summed E-state index contributed by atoms with van der Waals surface area (Å²) in [7, 11) is 0. The molecule has 4 N–H and O–H groups in total. The Morgan fingerprint density at radius 3 is 2.54 bits per heavy atom. The molecule has 0 aliphatic carbocycles. The molecule has 0 saturated carbocycles. The first kappa shape index (κ1) is 12.2. The fourth-order valence-corrected chi connectivity index (χ4v) is 1.15. The first-order valence-electron chi connectivity index (χ1n) is 3.76. The summed E-state index contributed by atoms with van der Waals surface area (Å²) in [6.07, 6.45) is 1.83. The fourth-order valence-electron chi connectivity index (χ4n) is 0.637. The van der Waals surface area contributed by atoms with Crippen molar-refractivity contribution in [3.63, 3.8) is 0 Å². The number of carboxylic acids is 1. The Morgan fingerprint density at radius 1 is 1.62 bits per heavy atom. The molecule has 1 amide bonds. The van der Waals surface area contributed by atoms with Crippen LogP contribution < -0.4 is 11.1 Å². The molecule has 0 radical (unpaired) electrons. The molecule has 0 aromatic heterocycles. The smallest absolute Gasteiger partial charge is 0.325 e. The summed E-state index contributed by atoms with van der Waals surface area (Å²) in [4.78, 5) is 21.5. The minimum Gasteiger partial charge on any atom is -0.480 e. The number of amides is 1. The number of aliphatic carboxylic acids is 1. The summed E-state index contributed by atoms with van der Waals surface area (Å²) in [6.45, 7) is 1.39. The van der Waals surface area contributed by atoms with Crippen LogP contribution in [0.5, 0.6) is 0 Å². The molecule has 0 aliphatic rings.